The van der Waals surface area contributed by atoms with Gasteiger partial charge in [-0.2, -0.15) is 0 Å². The maximum absolute atomic E-state index is 7.51. The molecule has 2 rings (SSSR count). The fourth-order valence-corrected chi connectivity index (χ4v) is 1.51. The molecule has 2 nitrogen and oxygen atoms in total. The summed E-state index contributed by atoms with van der Waals surface area (Å²) in [5.41, 5.74) is 3.91. The van der Waals surface area contributed by atoms with Crippen LogP contribution in [0.2, 0.25) is 0 Å². The zero-order valence-electron chi connectivity index (χ0n) is 7.81. The van der Waals surface area contributed by atoms with Crippen molar-refractivity contribution in [2.24, 2.45) is 0 Å². The summed E-state index contributed by atoms with van der Waals surface area (Å²) in [5, 5.41) is 8.69. The highest BCUT2D eigenvalue weighted by atomic mass is 14.7. The van der Waals surface area contributed by atoms with Crippen LogP contribution in [0.4, 0.5) is 0 Å². The van der Waals surface area contributed by atoms with Crippen molar-refractivity contribution in [2.45, 2.75) is 13.8 Å². The minimum absolute atomic E-state index is 0.612. The van der Waals surface area contributed by atoms with Gasteiger partial charge in [0.1, 0.15) is 0 Å². The smallest absolute Gasteiger partial charge is 0.0456 e. The molecule has 0 aliphatic rings. The predicted molar refractivity (Wildman–Crippen MR) is 55.5 cm³/mol. The summed E-state index contributed by atoms with van der Waals surface area (Å²) in [7, 11) is 0. The highest BCUT2D eigenvalue weighted by Crippen LogP contribution is 2.16. The van der Waals surface area contributed by atoms with Gasteiger partial charge >= 0.3 is 0 Å². The van der Waals surface area contributed by atoms with Gasteiger partial charge < -0.3 is 10.4 Å². The number of hydrogen-bond donors (Lipinski definition) is 2. The Labute approximate surface area is 77.1 Å². The second kappa shape index (κ2) is 2.73. The molecule has 0 bridgehead atoms. The van der Waals surface area contributed by atoms with Crippen LogP contribution >= 0.6 is 0 Å². The van der Waals surface area contributed by atoms with Crippen molar-refractivity contribution in [1.82, 2.24) is 4.98 Å². The van der Waals surface area contributed by atoms with Crippen LogP contribution in [0.3, 0.4) is 0 Å². The number of hydrogen-bond acceptors (Lipinski definition) is 1. The van der Waals surface area contributed by atoms with Crippen LogP contribution in [-0.4, -0.2) is 10.7 Å². The number of rotatable bonds is 1. The van der Waals surface area contributed by atoms with Gasteiger partial charge in [0.15, 0.2) is 0 Å². The monoisotopic (exact) mass is 172 g/mol. The molecule has 0 radical (unpaired) electrons. The lowest BCUT2D eigenvalue weighted by atomic mass is 10.1. The molecule has 0 saturated heterocycles. The minimum Gasteiger partial charge on any atom is -0.359 e. The SMILES string of the molecule is CC(=N)c1ccc2[nH]c(C)cc2c1. The molecular weight excluding hydrogens is 160 g/mol. The quantitative estimate of drug-likeness (QED) is 0.621. The van der Waals surface area contributed by atoms with Crippen molar-refractivity contribution in [3.8, 4) is 0 Å². The number of fused-ring (bicyclic) bond motifs is 1. The van der Waals surface area contributed by atoms with Crippen molar-refractivity contribution in [1.29, 1.82) is 5.41 Å². The maximum Gasteiger partial charge on any atom is 0.0456 e. The van der Waals surface area contributed by atoms with E-state index < -0.39 is 0 Å². The summed E-state index contributed by atoms with van der Waals surface area (Å²) >= 11 is 0. The number of aromatic nitrogens is 1. The first kappa shape index (κ1) is 8.05. The predicted octanol–water partition coefficient (Wildman–Crippen LogP) is 2.86. The van der Waals surface area contributed by atoms with E-state index in [1.165, 1.54) is 5.39 Å². The van der Waals surface area contributed by atoms with E-state index in [-0.39, 0.29) is 0 Å². The van der Waals surface area contributed by atoms with Crippen molar-refractivity contribution in [3.05, 3.63) is 35.5 Å². The van der Waals surface area contributed by atoms with Crippen molar-refractivity contribution >= 4 is 16.6 Å². The van der Waals surface area contributed by atoms with E-state index in [9.17, 15) is 0 Å². The third-order valence-electron chi connectivity index (χ3n) is 2.19. The van der Waals surface area contributed by atoms with Crippen LogP contribution < -0.4 is 0 Å². The van der Waals surface area contributed by atoms with Crippen molar-refractivity contribution in [2.75, 3.05) is 0 Å². The lowest BCUT2D eigenvalue weighted by Crippen LogP contribution is -1.90. The molecule has 1 heterocycles. The van der Waals surface area contributed by atoms with Crippen LogP contribution in [0.1, 0.15) is 18.2 Å². The lowest BCUT2D eigenvalue weighted by Gasteiger charge is -1.96. The maximum atomic E-state index is 7.51. The summed E-state index contributed by atoms with van der Waals surface area (Å²) in [6, 6.07) is 8.14. The molecule has 2 aromatic rings. The molecule has 1 aromatic carbocycles. The van der Waals surface area contributed by atoms with Crippen molar-refractivity contribution < 1.29 is 0 Å². The topological polar surface area (TPSA) is 39.6 Å². The number of benzene rings is 1. The van der Waals surface area contributed by atoms with Gasteiger partial charge in [-0.15, -0.1) is 0 Å². The van der Waals surface area contributed by atoms with Crippen molar-refractivity contribution in [3.63, 3.8) is 0 Å². The average molecular weight is 172 g/mol. The third-order valence-corrected chi connectivity index (χ3v) is 2.19. The highest BCUT2D eigenvalue weighted by molar-refractivity contribution is 5.99. The summed E-state index contributed by atoms with van der Waals surface area (Å²) in [6.07, 6.45) is 0. The first-order chi connectivity index (χ1) is 6.16. The second-order valence-electron chi connectivity index (χ2n) is 3.38. The normalized spacial score (nSPS) is 10.6. The van der Waals surface area contributed by atoms with Gasteiger partial charge in [0.25, 0.3) is 0 Å². The molecule has 0 aliphatic heterocycles. The Bertz CT molecular complexity index is 466. The Balaban J connectivity index is 2.67. The molecule has 1 aromatic heterocycles. The fraction of sp³-hybridized carbons (Fsp3) is 0.182. The van der Waals surface area contributed by atoms with Crippen LogP contribution in [0.25, 0.3) is 10.9 Å². The number of nitrogens with one attached hydrogen (secondary N) is 2. The molecule has 0 saturated carbocycles. The third kappa shape index (κ3) is 1.35. The number of H-pyrrole nitrogens is 1. The molecule has 0 fully saturated rings. The van der Waals surface area contributed by atoms with Crippen LogP contribution in [0.5, 0.6) is 0 Å². The van der Waals surface area contributed by atoms with E-state index >= 15 is 0 Å². The van der Waals surface area contributed by atoms with E-state index in [0.717, 1.165) is 16.8 Å². The first-order valence-electron chi connectivity index (χ1n) is 4.32. The van der Waals surface area contributed by atoms with Gasteiger partial charge in [-0.1, -0.05) is 6.07 Å². The van der Waals surface area contributed by atoms with E-state index in [2.05, 4.69) is 11.1 Å². The van der Waals surface area contributed by atoms with Gasteiger partial charge in [0.2, 0.25) is 0 Å². The molecule has 2 N–H and O–H groups in total. The summed E-state index contributed by atoms with van der Waals surface area (Å²) in [4.78, 5) is 3.25. The molecule has 66 valence electrons. The van der Waals surface area contributed by atoms with Gasteiger partial charge in [0.05, 0.1) is 0 Å². The summed E-state index contributed by atoms with van der Waals surface area (Å²) in [5.74, 6) is 0. The Morgan fingerprint density at radius 1 is 1.31 bits per heavy atom. The summed E-state index contributed by atoms with van der Waals surface area (Å²) < 4.78 is 0. The average Bonchev–Trinajstić information content (AvgIpc) is 2.42. The van der Waals surface area contributed by atoms with Gasteiger partial charge in [-0.25, -0.2) is 0 Å². The Hall–Kier alpha value is -1.57. The molecule has 0 amide bonds. The zero-order chi connectivity index (χ0) is 9.42. The van der Waals surface area contributed by atoms with Crippen LogP contribution in [0.15, 0.2) is 24.3 Å². The second-order valence-corrected chi connectivity index (χ2v) is 3.38. The zero-order valence-corrected chi connectivity index (χ0v) is 7.81. The van der Waals surface area contributed by atoms with E-state index in [1.54, 1.807) is 6.92 Å². The molecule has 0 atom stereocenters. The van der Waals surface area contributed by atoms with Crippen LogP contribution in [-0.2, 0) is 0 Å². The Kier molecular flexibility index (Phi) is 1.69. The molecule has 13 heavy (non-hydrogen) atoms. The Morgan fingerprint density at radius 2 is 2.08 bits per heavy atom. The fourth-order valence-electron chi connectivity index (χ4n) is 1.51. The van der Waals surface area contributed by atoms with Crippen LogP contribution in [0, 0.1) is 12.3 Å². The highest BCUT2D eigenvalue weighted by Gasteiger charge is 1.99. The number of aromatic amines is 1. The summed E-state index contributed by atoms with van der Waals surface area (Å²) in [6.45, 7) is 3.84. The Morgan fingerprint density at radius 3 is 2.77 bits per heavy atom. The molecule has 0 spiro atoms. The largest absolute Gasteiger partial charge is 0.359 e. The molecule has 0 aliphatic carbocycles. The van der Waals surface area contributed by atoms with E-state index in [1.807, 2.05) is 25.1 Å². The van der Waals surface area contributed by atoms with E-state index in [0.29, 0.717) is 5.71 Å². The van der Waals surface area contributed by atoms with Gasteiger partial charge in [-0.05, 0) is 37.6 Å². The molecule has 2 heteroatoms. The van der Waals surface area contributed by atoms with E-state index in [4.69, 9.17) is 5.41 Å². The molecule has 0 unspecified atom stereocenters. The van der Waals surface area contributed by atoms with Gasteiger partial charge in [0, 0.05) is 22.3 Å². The minimum atomic E-state index is 0.612. The molecular formula is C11H12N2. The standard InChI is InChI=1S/C11H12N2/c1-7-5-10-6-9(8(2)12)3-4-11(10)13-7/h3-6,12-13H,1-2H3. The number of aryl methyl sites for hydroxylation is 1. The van der Waals surface area contributed by atoms with Gasteiger partial charge in [-0.3, -0.25) is 0 Å². The lowest BCUT2D eigenvalue weighted by molar-refractivity contribution is 1.30. The first-order valence-corrected chi connectivity index (χ1v) is 4.32.